The summed E-state index contributed by atoms with van der Waals surface area (Å²) in [4.78, 5) is 0. The molecule has 212 valence electrons. The maximum Gasteiger partial charge on any atom is 0.0994 e. The Morgan fingerprint density at radius 3 is 1.05 bits per heavy atom. The Bertz CT molecular complexity index is 1180. The zero-order valence-corrected chi connectivity index (χ0v) is 27.5. The minimum atomic E-state index is 0.0618. The summed E-state index contributed by atoms with van der Waals surface area (Å²) in [5.41, 5.74) is 8.60. The van der Waals surface area contributed by atoms with Crippen LogP contribution in [0.3, 0.4) is 0 Å². The molecule has 0 aliphatic heterocycles. The topological polar surface area (TPSA) is 23.8 Å². The highest BCUT2D eigenvalue weighted by Gasteiger charge is 2.24. The van der Waals surface area contributed by atoms with Crippen LogP contribution in [0.25, 0.3) is 0 Å². The van der Waals surface area contributed by atoms with Gasteiger partial charge in [0.2, 0.25) is 0 Å². The molecule has 0 aromatic heterocycles. The van der Waals surface area contributed by atoms with Gasteiger partial charge in [-0.2, -0.15) is 5.26 Å². The van der Waals surface area contributed by atoms with E-state index in [4.69, 9.17) is 5.26 Å². The van der Waals surface area contributed by atoms with Gasteiger partial charge in [-0.3, -0.25) is 0 Å². The van der Waals surface area contributed by atoms with Gasteiger partial charge in [-0.15, -0.1) is 0 Å². The van der Waals surface area contributed by atoms with Crippen LogP contribution in [0.4, 0.5) is 0 Å². The Kier molecular flexibility index (Phi) is 11.8. The zero-order chi connectivity index (χ0) is 30.2. The fourth-order valence-electron chi connectivity index (χ4n) is 4.71. The molecule has 0 aliphatic carbocycles. The van der Waals surface area contributed by atoms with Crippen molar-refractivity contribution in [3.05, 3.63) is 106 Å². The number of hydrogen-bond acceptors (Lipinski definition) is 1. The predicted octanol–water partition coefficient (Wildman–Crippen LogP) is 11.2. The summed E-state index contributed by atoms with van der Waals surface area (Å²) in [7, 11) is 0. The molecule has 0 amide bonds. The lowest BCUT2D eigenvalue weighted by atomic mass is 9.75. The minimum Gasteiger partial charge on any atom is -0.192 e. The van der Waals surface area contributed by atoms with Gasteiger partial charge in [-0.05, 0) is 61.5 Å². The van der Waals surface area contributed by atoms with Crippen LogP contribution in [0.1, 0.15) is 136 Å². The molecule has 0 atom stereocenters. The lowest BCUT2D eigenvalue weighted by Crippen LogP contribution is -2.21. The maximum absolute atomic E-state index is 8.83. The summed E-state index contributed by atoms with van der Waals surface area (Å²) in [6.45, 7) is 31.3. The maximum atomic E-state index is 8.83. The number of nitrogens with zero attached hydrogens (tertiary/aromatic N) is 1. The van der Waals surface area contributed by atoms with Crippen LogP contribution in [0.15, 0.2) is 72.8 Å². The number of hydrogen-bond donors (Lipinski definition) is 0. The fourth-order valence-corrected chi connectivity index (χ4v) is 4.71. The lowest BCUT2D eigenvalue weighted by molar-refractivity contribution is 0.530. The van der Waals surface area contributed by atoms with Crippen molar-refractivity contribution in [1.29, 1.82) is 5.26 Å². The van der Waals surface area contributed by atoms with Crippen LogP contribution in [-0.4, -0.2) is 0 Å². The molecule has 39 heavy (non-hydrogen) atoms. The van der Waals surface area contributed by atoms with Gasteiger partial charge in [-0.1, -0.05) is 164 Å². The van der Waals surface area contributed by atoms with Crippen LogP contribution in [-0.2, 0) is 21.7 Å². The molecule has 0 spiro atoms. The average Bonchev–Trinajstić information content (AvgIpc) is 2.82. The van der Waals surface area contributed by atoms with E-state index in [-0.39, 0.29) is 21.7 Å². The van der Waals surface area contributed by atoms with Crippen molar-refractivity contribution >= 4 is 0 Å². The van der Waals surface area contributed by atoms with Crippen LogP contribution < -0.4 is 0 Å². The quantitative estimate of drug-likeness (QED) is 0.310. The third kappa shape index (κ3) is 10.7. The monoisotopic (exact) mass is 525 g/mol. The van der Waals surface area contributed by atoms with Gasteiger partial charge in [-0.25, -0.2) is 0 Å². The van der Waals surface area contributed by atoms with E-state index < -0.39 is 0 Å². The Labute approximate surface area is 241 Å². The summed E-state index contributed by atoms with van der Waals surface area (Å²) >= 11 is 0. The first kappa shape index (κ1) is 34.2. The van der Waals surface area contributed by atoms with Crippen molar-refractivity contribution in [2.75, 3.05) is 0 Å². The Hall–Kier alpha value is -2.85. The molecule has 3 aromatic rings. The minimum absolute atomic E-state index is 0.0618. The van der Waals surface area contributed by atoms with Gasteiger partial charge in [0, 0.05) is 0 Å². The second kappa shape index (κ2) is 13.5. The summed E-state index contributed by atoms with van der Waals surface area (Å²) in [5, 5.41) is 8.83. The lowest BCUT2D eigenvalue weighted by Gasteiger charge is -2.29. The van der Waals surface area contributed by atoms with Crippen LogP contribution in [0, 0.1) is 11.3 Å². The smallest absolute Gasteiger partial charge is 0.0994 e. The van der Waals surface area contributed by atoms with Gasteiger partial charge < -0.3 is 0 Å². The van der Waals surface area contributed by atoms with Crippen molar-refractivity contribution in [1.82, 2.24) is 0 Å². The first-order chi connectivity index (χ1) is 17.7. The number of rotatable bonds is 1. The van der Waals surface area contributed by atoms with E-state index in [0.29, 0.717) is 5.92 Å². The second-order valence-electron chi connectivity index (χ2n) is 14.9. The standard InChI is InChI=1S/C14H22.C13H20.C11H13N/c1-13(2,3)11-9-7-8-10-12(11)14(4,5)6;1-10(2)11-8-6-7-9-12(11)13(3,4)5;1-11(2,3)10-7-5-4-6-9(10)8-12/h7-10H,1-6H3;6-10H,1-5H3;4-7H,1-3H3. The van der Waals surface area contributed by atoms with Crippen molar-refractivity contribution in [2.45, 2.75) is 125 Å². The molecule has 0 saturated carbocycles. The third-order valence-corrected chi connectivity index (χ3v) is 6.79. The van der Waals surface area contributed by atoms with E-state index in [1.54, 1.807) is 0 Å². The second-order valence-corrected chi connectivity index (χ2v) is 14.9. The van der Waals surface area contributed by atoms with Crippen LogP contribution >= 0.6 is 0 Å². The Morgan fingerprint density at radius 1 is 0.462 bits per heavy atom. The third-order valence-electron chi connectivity index (χ3n) is 6.79. The van der Waals surface area contributed by atoms with Gasteiger partial charge >= 0.3 is 0 Å². The van der Waals surface area contributed by atoms with E-state index in [1.165, 1.54) is 22.3 Å². The van der Waals surface area contributed by atoms with Crippen molar-refractivity contribution in [3.8, 4) is 6.07 Å². The Balaban J connectivity index is 0.000000293. The molecule has 0 radical (unpaired) electrons. The van der Waals surface area contributed by atoms with Crippen LogP contribution in [0.5, 0.6) is 0 Å². The molecular formula is C38H55N. The summed E-state index contributed by atoms with van der Waals surface area (Å²) in [6, 6.07) is 27.5. The number of benzene rings is 3. The number of nitriles is 1. The summed E-state index contributed by atoms with van der Waals surface area (Å²) in [5.74, 6) is 0.621. The molecule has 0 unspecified atom stereocenters. The molecule has 3 aromatic carbocycles. The molecule has 0 aliphatic rings. The molecular weight excluding hydrogens is 470 g/mol. The summed E-state index contributed by atoms with van der Waals surface area (Å²) < 4.78 is 0. The first-order valence-electron chi connectivity index (χ1n) is 14.4. The Morgan fingerprint density at radius 2 is 0.769 bits per heavy atom. The predicted molar refractivity (Wildman–Crippen MR) is 173 cm³/mol. The van der Waals surface area contributed by atoms with E-state index in [1.807, 2.05) is 24.3 Å². The average molecular weight is 526 g/mol. The molecule has 1 nitrogen and oxygen atoms in total. The van der Waals surface area contributed by atoms with Crippen molar-refractivity contribution in [3.63, 3.8) is 0 Å². The van der Waals surface area contributed by atoms with E-state index >= 15 is 0 Å². The highest BCUT2D eigenvalue weighted by Crippen LogP contribution is 2.33. The van der Waals surface area contributed by atoms with Crippen LogP contribution in [0.2, 0.25) is 0 Å². The molecule has 3 rings (SSSR count). The van der Waals surface area contributed by atoms with E-state index in [0.717, 1.165) is 11.1 Å². The molecule has 0 saturated heterocycles. The van der Waals surface area contributed by atoms with E-state index in [9.17, 15) is 0 Å². The van der Waals surface area contributed by atoms with Gasteiger partial charge in [0.15, 0.2) is 0 Å². The SMILES string of the molecule is CC(C)(C)c1ccccc1C#N.CC(C)(C)c1ccccc1C(C)(C)C.CC(C)c1ccccc1C(C)(C)C. The highest BCUT2D eigenvalue weighted by molar-refractivity contribution is 5.41. The van der Waals surface area contributed by atoms with Gasteiger partial charge in [0.1, 0.15) is 0 Å². The van der Waals surface area contributed by atoms with Gasteiger partial charge in [0.25, 0.3) is 0 Å². The van der Waals surface area contributed by atoms with E-state index in [2.05, 4.69) is 152 Å². The first-order valence-corrected chi connectivity index (χ1v) is 14.4. The van der Waals surface area contributed by atoms with Crippen molar-refractivity contribution in [2.24, 2.45) is 0 Å². The molecule has 0 fully saturated rings. The fraction of sp³-hybridized carbons (Fsp3) is 0.500. The normalized spacial score (nSPS) is 12.1. The summed E-state index contributed by atoms with van der Waals surface area (Å²) in [6.07, 6.45) is 0. The van der Waals surface area contributed by atoms with Crippen molar-refractivity contribution < 1.29 is 0 Å². The molecule has 1 heteroatoms. The molecule has 0 bridgehead atoms. The highest BCUT2D eigenvalue weighted by atomic mass is 14.3. The zero-order valence-electron chi connectivity index (χ0n) is 27.5. The molecule has 0 N–H and O–H groups in total. The largest absolute Gasteiger partial charge is 0.192 e. The van der Waals surface area contributed by atoms with Gasteiger partial charge in [0.05, 0.1) is 11.6 Å². The molecule has 0 heterocycles.